The number of pyridine rings is 1. The minimum atomic E-state index is -3.48. The molecule has 2 aromatic heterocycles. The molecule has 0 bridgehead atoms. The molecule has 0 atom stereocenters. The molecule has 1 amide bonds. The maximum Gasteiger partial charge on any atom is 0.338 e. The highest BCUT2D eigenvalue weighted by molar-refractivity contribution is 7.89. The van der Waals surface area contributed by atoms with Crippen molar-refractivity contribution in [1.82, 2.24) is 18.6 Å². The fourth-order valence-corrected chi connectivity index (χ4v) is 5.66. The standard InChI is InChI=1S/C19H20N4O4S2/c24-18-16-5-4-10-20-17(16)28-23(18)19(25)21-13-14-6-8-15(9-7-14)29(26,27)22-11-2-1-3-12-22/h4-10H,1-3,11-13H2,(H,21,25). The van der Waals surface area contributed by atoms with Gasteiger partial charge in [-0.05, 0) is 54.2 Å². The second-order valence-electron chi connectivity index (χ2n) is 6.81. The van der Waals surface area contributed by atoms with Crippen molar-refractivity contribution in [2.45, 2.75) is 30.7 Å². The summed E-state index contributed by atoms with van der Waals surface area (Å²) in [6.07, 6.45) is 4.40. The fourth-order valence-electron chi connectivity index (χ4n) is 3.28. The minimum absolute atomic E-state index is 0.178. The molecule has 1 N–H and O–H groups in total. The Balaban J connectivity index is 1.44. The number of amides is 1. The molecule has 0 saturated carbocycles. The number of rotatable bonds is 4. The number of fused-ring (bicyclic) bond motifs is 1. The van der Waals surface area contributed by atoms with Crippen molar-refractivity contribution in [3.05, 3.63) is 58.5 Å². The highest BCUT2D eigenvalue weighted by Crippen LogP contribution is 2.21. The van der Waals surface area contributed by atoms with Gasteiger partial charge in [-0.15, -0.1) is 0 Å². The van der Waals surface area contributed by atoms with Gasteiger partial charge in [-0.1, -0.05) is 18.6 Å². The van der Waals surface area contributed by atoms with Crippen molar-refractivity contribution in [3.63, 3.8) is 0 Å². The summed E-state index contributed by atoms with van der Waals surface area (Å²) in [6.45, 7) is 1.29. The van der Waals surface area contributed by atoms with Gasteiger partial charge >= 0.3 is 6.03 Å². The highest BCUT2D eigenvalue weighted by atomic mass is 32.2. The summed E-state index contributed by atoms with van der Waals surface area (Å²) >= 11 is 0.985. The van der Waals surface area contributed by atoms with Gasteiger partial charge in [-0.2, -0.15) is 8.26 Å². The van der Waals surface area contributed by atoms with Crippen LogP contribution in [0.15, 0.2) is 52.3 Å². The summed E-state index contributed by atoms with van der Waals surface area (Å²) in [5.41, 5.74) is 0.335. The summed E-state index contributed by atoms with van der Waals surface area (Å²) in [7, 11) is -3.48. The Morgan fingerprint density at radius 2 is 1.83 bits per heavy atom. The van der Waals surface area contributed by atoms with Crippen LogP contribution in [0.1, 0.15) is 24.8 Å². The molecule has 0 aliphatic carbocycles. The predicted molar refractivity (Wildman–Crippen MR) is 111 cm³/mol. The maximum absolute atomic E-state index is 12.7. The quantitative estimate of drug-likeness (QED) is 0.682. The van der Waals surface area contributed by atoms with Crippen molar-refractivity contribution < 1.29 is 13.2 Å². The first-order valence-electron chi connectivity index (χ1n) is 9.31. The summed E-state index contributed by atoms with van der Waals surface area (Å²) in [6, 6.07) is 9.20. The number of nitrogens with zero attached hydrogens (tertiary/aromatic N) is 3. The number of hydrogen-bond acceptors (Lipinski definition) is 6. The zero-order valence-electron chi connectivity index (χ0n) is 15.6. The van der Waals surface area contributed by atoms with Crippen molar-refractivity contribution in [3.8, 4) is 0 Å². The molecule has 3 heterocycles. The van der Waals surface area contributed by atoms with Crippen molar-refractivity contribution in [2.75, 3.05) is 13.1 Å². The molecule has 1 saturated heterocycles. The normalized spacial score (nSPS) is 15.4. The van der Waals surface area contributed by atoms with Crippen LogP contribution in [-0.2, 0) is 16.6 Å². The fraction of sp³-hybridized carbons (Fsp3) is 0.316. The number of aromatic nitrogens is 2. The van der Waals surface area contributed by atoms with Gasteiger partial charge in [0.2, 0.25) is 10.0 Å². The Labute approximate surface area is 172 Å². The Hall–Kier alpha value is -2.56. The minimum Gasteiger partial charge on any atom is -0.333 e. The van der Waals surface area contributed by atoms with Gasteiger partial charge in [0.25, 0.3) is 5.56 Å². The monoisotopic (exact) mass is 432 g/mol. The van der Waals surface area contributed by atoms with E-state index in [1.165, 1.54) is 4.31 Å². The van der Waals surface area contributed by atoms with Crippen LogP contribution in [0.25, 0.3) is 10.2 Å². The lowest BCUT2D eigenvalue weighted by Crippen LogP contribution is -2.35. The Kier molecular flexibility index (Phi) is 5.48. The van der Waals surface area contributed by atoms with E-state index in [2.05, 4.69) is 10.3 Å². The molecule has 3 aromatic rings. The van der Waals surface area contributed by atoms with Gasteiger partial charge in [-0.3, -0.25) is 4.79 Å². The van der Waals surface area contributed by atoms with Crippen LogP contribution in [-0.4, -0.2) is 40.8 Å². The van der Waals surface area contributed by atoms with Crippen LogP contribution < -0.4 is 10.9 Å². The van der Waals surface area contributed by atoms with E-state index in [0.29, 0.717) is 23.3 Å². The number of carbonyl (C=O) groups is 1. The molecule has 10 heteroatoms. The second-order valence-corrected chi connectivity index (χ2v) is 9.69. The lowest BCUT2D eigenvalue weighted by atomic mass is 10.2. The molecule has 152 valence electrons. The van der Waals surface area contributed by atoms with Gasteiger partial charge < -0.3 is 5.32 Å². The first-order chi connectivity index (χ1) is 14.0. The average Bonchev–Trinajstić information content (AvgIpc) is 3.10. The lowest BCUT2D eigenvalue weighted by molar-refractivity contribution is 0.243. The third-order valence-electron chi connectivity index (χ3n) is 4.87. The topological polar surface area (TPSA) is 101 Å². The van der Waals surface area contributed by atoms with Crippen LogP contribution in [0, 0.1) is 0 Å². The van der Waals surface area contributed by atoms with Crippen LogP contribution in [0.4, 0.5) is 4.79 Å². The number of hydrogen-bond donors (Lipinski definition) is 1. The number of benzene rings is 1. The van der Waals surface area contributed by atoms with E-state index in [1.54, 1.807) is 42.6 Å². The molecule has 1 aromatic carbocycles. The zero-order chi connectivity index (χ0) is 20.4. The number of piperidine rings is 1. The zero-order valence-corrected chi connectivity index (χ0v) is 17.2. The number of carbonyl (C=O) groups excluding carboxylic acids is 1. The molecule has 1 aliphatic heterocycles. The lowest BCUT2D eigenvalue weighted by Gasteiger charge is -2.25. The van der Waals surface area contributed by atoms with Gasteiger partial charge in [0.05, 0.1) is 10.3 Å². The molecule has 1 aliphatic rings. The Morgan fingerprint density at radius 3 is 2.52 bits per heavy atom. The second kappa shape index (κ2) is 8.05. The number of nitrogens with one attached hydrogen (secondary N) is 1. The smallest absolute Gasteiger partial charge is 0.333 e. The van der Waals surface area contributed by atoms with Crippen molar-refractivity contribution >= 4 is 37.8 Å². The van der Waals surface area contributed by atoms with E-state index in [4.69, 9.17) is 0 Å². The van der Waals surface area contributed by atoms with Crippen molar-refractivity contribution in [1.29, 1.82) is 0 Å². The summed E-state index contributed by atoms with van der Waals surface area (Å²) in [5, 5.41) is 3.09. The van der Waals surface area contributed by atoms with Gasteiger partial charge in [0.15, 0.2) is 0 Å². The van der Waals surface area contributed by atoms with E-state index in [1.807, 2.05) is 0 Å². The first-order valence-corrected chi connectivity index (χ1v) is 11.5. The Morgan fingerprint density at radius 1 is 1.10 bits per heavy atom. The summed E-state index contributed by atoms with van der Waals surface area (Å²) < 4.78 is 27.9. The van der Waals surface area contributed by atoms with E-state index >= 15 is 0 Å². The van der Waals surface area contributed by atoms with Crippen LogP contribution >= 0.6 is 11.5 Å². The third kappa shape index (κ3) is 3.96. The molecule has 0 unspecified atom stereocenters. The molecule has 0 radical (unpaired) electrons. The largest absolute Gasteiger partial charge is 0.338 e. The van der Waals surface area contributed by atoms with E-state index < -0.39 is 21.6 Å². The predicted octanol–water partition coefficient (Wildman–Crippen LogP) is 2.39. The molecule has 8 nitrogen and oxygen atoms in total. The highest BCUT2D eigenvalue weighted by Gasteiger charge is 2.25. The number of sulfonamides is 1. The first kappa shape index (κ1) is 19.7. The summed E-state index contributed by atoms with van der Waals surface area (Å²) in [5.74, 6) is 0. The molecular formula is C19H20N4O4S2. The van der Waals surface area contributed by atoms with Gasteiger partial charge in [0.1, 0.15) is 4.83 Å². The maximum atomic E-state index is 12.7. The van der Waals surface area contributed by atoms with E-state index in [9.17, 15) is 18.0 Å². The van der Waals surface area contributed by atoms with E-state index in [0.717, 1.165) is 40.3 Å². The molecule has 1 fully saturated rings. The SMILES string of the molecule is O=C(NCc1ccc(S(=O)(=O)N2CCCCC2)cc1)n1sc2ncccc2c1=O. The van der Waals surface area contributed by atoms with Crippen LogP contribution in [0.3, 0.4) is 0 Å². The van der Waals surface area contributed by atoms with Crippen LogP contribution in [0.2, 0.25) is 0 Å². The molecule has 4 rings (SSSR count). The Bertz CT molecular complexity index is 1190. The van der Waals surface area contributed by atoms with Gasteiger partial charge in [0, 0.05) is 25.8 Å². The molecule has 29 heavy (non-hydrogen) atoms. The third-order valence-corrected chi connectivity index (χ3v) is 7.79. The van der Waals surface area contributed by atoms with E-state index in [-0.39, 0.29) is 11.4 Å². The van der Waals surface area contributed by atoms with Crippen molar-refractivity contribution in [2.24, 2.45) is 0 Å². The average molecular weight is 433 g/mol. The van der Waals surface area contributed by atoms with Gasteiger partial charge in [-0.25, -0.2) is 18.2 Å². The summed E-state index contributed by atoms with van der Waals surface area (Å²) in [4.78, 5) is 29.5. The molecule has 0 spiro atoms. The van der Waals surface area contributed by atoms with Crippen LogP contribution in [0.5, 0.6) is 0 Å². The molecular weight excluding hydrogens is 412 g/mol.